The molecule has 2 atom stereocenters. The van der Waals surface area contributed by atoms with E-state index < -0.39 is 11.6 Å². The maximum Gasteiger partial charge on any atom is 0.408 e. The third-order valence-electron chi connectivity index (χ3n) is 2.58. The Balaban J connectivity index is 4.71. The Hall–Kier alpha value is -0.770. The Morgan fingerprint density at radius 1 is 1.47 bits per heavy atom. The molecule has 0 aliphatic heterocycles. The summed E-state index contributed by atoms with van der Waals surface area (Å²) in [7, 11) is 0. The van der Waals surface area contributed by atoms with E-state index in [2.05, 4.69) is 6.92 Å². The Kier molecular flexibility index (Phi) is 5.08. The average molecular weight is 216 g/mol. The van der Waals surface area contributed by atoms with Gasteiger partial charge in [-0.05, 0) is 34.1 Å². The summed E-state index contributed by atoms with van der Waals surface area (Å²) >= 11 is 0. The van der Waals surface area contributed by atoms with Gasteiger partial charge in [0.2, 0.25) is 0 Å². The summed E-state index contributed by atoms with van der Waals surface area (Å²) in [5, 5.41) is 9.17. The number of hydrogen-bond acceptors (Lipinski definition) is 2. The third-order valence-corrected chi connectivity index (χ3v) is 2.58. The first-order valence-electron chi connectivity index (χ1n) is 5.49. The summed E-state index contributed by atoms with van der Waals surface area (Å²) < 4.78 is 0. The molecule has 0 radical (unpaired) electrons. The lowest BCUT2D eigenvalue weighted by Gasteiger charge is -2.40. The monoisotopic (exact) mass is 216 g/mol. The molecule has 0 aromatic rings. The van der Waals surface area contributed by atoms with Gasteiger partial charge in [0, 0.05) is 17.6 Å². The number of hydrogen-bond donors (Lipinski definition) is 2. The van der Waals surface area contributed by atoms with Crippen LogP contribution >= 0.6 is 0 Å². The van der Waals surface area contributed by atoms with Crippen molar-refractivity contribution in [3.8, 4) is 0 Å². The van der Waals surface area contributed by atoms with Crippen LogP contribution in [-0.2, 0) is 0 Å². The van der Waals surface area contributed by atoms with Gasteiger partial charge in [-0.3, -0.25) is 4.90 Å². The van der Waals surface area contributed by atoms with Crippen molar-refractivity contribution in [1.82, 2.24) is 4.90 Å². The molecule has 4 nitrogen and oxygen atoms in total. The zero-order valence-corrected chi connectivity index (χ0v) is 10.4. The second-order valence-electron chi connectivity index (χ2n) is 5.02. The van der Waals surface area contributed by atoms with Crippen LogP contribution in [0.5, 0.6) is 0 Å². The summed E-state index contributed by atoms with van der Waals surface area (Å²) in [5.74, 6) is 0. The molecule has 0 aliphatic carbocycles. The van der Waals surface area contributed by atoms with E-state index in [1.807, 2.05) is 27.7 Å². The number of carboxylic acid groups (broad SMARTS) is 1. The van der Waals surface area contributed by atoms with Crippen LogP contribution in [0.15, 0.2) is 0 Å². The average Bonchev–Trinajstić information content (AvgIpc) is 2.00. The molecule has 90 valence electrons. The van der Waals surface area contributed by atoms with Crippen molar-refractivity contribution in [2.45, 2.75) is 65.1 Å². The number of nitrogens with zero attached hydrogens (tertiary/aromatic N) is 1. The molecular formula is C11H24N2O2. The van der Waals surface area contributed by atoms with Gasteiger partial charge in [0.15, 0.2) is 0 Å². The fraction of sp³-hybridized carbons (Fsp3) is 0.909. The van der Waals surface area contributed by atoms with Crippen LogP contribution in [-0.4, -0.2) is 33.7 Å². The maximum absolute atomic E-state index is 11.2. The van der Waals surface area contributed by atoms with E-state index in [0.717, 1.165) is 12.8 Å². The van der Waals surface area contributed by atoms with Crippen molar-refractivity contribution in [3.05, 3.63) is 0 Å². The minimum absolute atomic E-state index is 0.0923. The predicted octanol–water partition coefficient (Wildman–Crippen LogP) is 2.28. The van der Waals surface area contributed by atoms with Crippen molar-refractivity contribution in [2.75, 3.05) is 0 Å². The first-order chi connectivity index (χ1) is 6.71. The van der Waals surface area contributed by atoms with Crippen LogP contribution in [0.25, 0.3) is 0 Å². The predicted molar refractivity (Wildman–Crippen MR) is 62.0 cm³/mol. The second-order valence-corrected chi connectivity index (χ2v) is 5.02. The Morgan fingerprint density at radius 3 is 2.20 bits per heavy atom. The van der Waals surface area contributed by atoms with Crippen LogP contribution in [0, 0.1) is 0 Å². The third kappa shape index (κ3) is 4.08. The molecule has 0 aliphatic rings. The van der Waals surface area contributed by atoms with Gasteiger partial charge in [0.1, 0.15) is 0 Å². The van der Waals surface area contributed by atoms with Crippen molar-refractivity contribution in [1.29, 1.82) is 0 Å². The topological polar surface area (TPSA) is 66.6 Å². The van der Waals surface area contributed by atoms with Gasteiger partial charge in [-0.2, -0.15) is 0 Å². The first kappa shape index (κ1) is 14.2. The highest BCUT2D eigenvalue weighted by Crippen LogP contribution is 2.19. The van der Waals surface area contributed by atoms with E-state index >= 15 is 0 Å². The zero-order chi connectivity index (χ0) is 12.2. The molecule has 0 saturated carbocycles. The molecule has 0 spiro atoms. The summed E-state index contributed by atoms with van der Waals surface area (Å²) in [4.78, 5) is 12.6. The van der Waals surface area contributed by atoms with Gasteiger partial charge in [-0.1, -0.05) is 13.3 Å². The lowest BCUT2D eigenvalue weighted by Crippen LogP contribution is -2.56. The Morgan fingerprint density at radius 2 is 1.93 bits per heavy atom. The second kappa shape index (κ2) is 5.35. The van der Waals surface area contributed by atoms with E-state index in [9.17, 15) is 4.79 Å². The molecule has 0 unspecified atom stereocenters. The molecule has 0 aromatic heterocycles. The molecule has 4 heteroatoms. The van der Waals surface area contributed by atoms with Crippen LogP contribution in [0.2, 0.25) is 0 Å². The quantitative estimate of drug-likeness (QED) is 0.757. The first-order valence-corrected chi connectivity index (χ1v) is 5.49. The van der Waals surface area contributed by atoms with E-state index in [-0.39, 0.29) is 12.1 Å². The van der Waals surface area contributed by atoms with E-state index in [4.69, 9.17) is 10.8 Å². The lowest BCUT2D eigenvalue weighted by atomic mass is 9.98. The van der Waals surface area contributed by atoms with Crippen LogP contribution in [0.4, 0.5) is 4.79 Å². The summed E-state index contributed by atoms with van der Waals surface area (Å²) in [6.07, 6.45) is 0.922. The van der Waals surface area contributed by atoms with Gasteiger partial charge < -0.3 is 10.8 Å². The fourth-order valence-electron chi connectivity index (χ4n) is 1.84. The normalized spacial score (nSPS) is 15.9. The van der Waals surface area contributed by atoms with Crippen LogP contribution < -0.4 is 5.73 Å². The van der Waals surface area contributed by atoms with Crippen LogP contribution in [0.1, 0.15) is 47.5 Å². The largest absolute Gasteiger partial charge is 0.465 e. The highest BCUT2D eigenvalue weighted by molar-refractivity contribution is 5.66. The van der Waals surface area contributed by atoms with Gasteiger partial charge in [-0.25, -0.2) is 4.79 Å². The fourth-order valence-corrected chi connectivity index (χ4v) is 1.84. The van der Waals surface area contributed by atoms with Crippen molar-refractivity contribution in [2.24, 2.45) is 5.73 Å². The number of amides is 1. The molecule has 1 amide bonds. The molecule has 3 N–H and O–H groups in total. The number of carbonyl (C=O) groups is 1. The summed E-state index contributed by atoms with van der Waals surface area (Å²) in [6.45, 7) is 9.58. The molecule has 0 heterocycles. The molecule has 0 bridgehead atoms. The Bertz CT molecular complexity index is 211. The molecule has 0 fully saturated rings. The zero-order valence-electron chi connectivity index (χ0n) is 10.4. The van der Waals surface area contributed by atoms with Gasteiger partial charge >= 0.3 is 6.09 Å². The van der Waals surface area contributed by atoms with E-state index in [1.165, 1.54) is 4.90 Å². The minimum atomic E-state index is -0.901. The van der Waals surface area contributed by atoms with E-state index in [1.54, 1.807) is 0 Å². The van der Waals surface area contributed by atoms with Gasteiger partial charge in [-0.15, -0.1) is 0 Å². The number of nitrogens with two attached hydrogens (primary N) is 1. The maximum atomic E-state index is 11.2. The highest BCUT2D eigenvalue weighted by atomic mass is 16.4. The van der Waals surface area contributed by atoms with Crippen LogP contribution in [0.3, 0.4) is 0 Å². The van der Waals surface area contributed by atoms with Crippen molar-refractivity contribution < 1.29 is 9.90 Å². The summed E-state index contributed by atoms with van der Waals surface area (Å²) in [6, 6.07) is -0.243. The van der Waals surface area contributed by atoms with Crippen molar-refractivity contribution >= 4 is 6.09 Å². The smallest absolute Gasteiger partial charge is 0.408 e. The van der Waals surface area contributed by atoms with Crippen molar-refractivity contribution in [3.63, 3.8) is 0 Å². The molecule has 0 rings (SSSR count). The molecular weight excluding hydrogens is 192 g/mol. The van der Waals surface area contributed by atoms with Gasteiger partial charge in [0.05, 0.1) is 0 Å². The molecule has 15 heavy (non-hydrogen) atoms. The minimum Gasteiger partial charge on any atom is -0.465 e. The molecule has 0 aromatic carbocycles. The Labute approximate surface area is 92.4 Å². The highest BCUT2D eigenvalue weighted by Gasteiger charge is 2.33. The number of rotatable bonds is 4. The molecule has 0 saturated heterocycles. The van der Waals surface area contributed by atoms with E-state index in [0.29, 0.717) is 0 Å². The summed E-state index contributed by atoms with van der Waals surface area (Å²) in [5.41, 5.74) is 5.55. The standard InChI is InChI=1S/C11H24N2O2/c1-6-7-9(12)8(2)13(10(14)15)11(3,4)5/h8-9H,6-7,12H2,1-5H3,(H,14,15)/t8-,9+/m0/s1. The van der Waals surface area contributed by atoms with Gasteiger partial charge in [0.25, 0.3) is 0 Å². The lowest BCUT2D eigenvalue weighted by molar-refractivity contribution is 0.0661. The SMILES string of the molecule is CCC[C@@H](N)[C@H](C)N(C(=O)O)C(C)(C)C.